The minimum Gasteiger partial charge on any atom is -0.748 e. The standard InChI is InChI=1S/C22H27NO7S.Na/c1-6-23-18-10-19-15(13(3)16(21(25)30-19)9-20(24)29-7-2)8-17(18)14(11-22(23,4)5)12-31(26,27)28;/h8,10-11H,6-7,9,12H2,1-5H3,(H,26,27,28);/q;+1/p-1. The van der Waals surface area contributed by atoms with Crippen LogP contribution in [0.25, 0.3) is 16.5 Å². The van der Waals surface area contributed by atoms with Gasteiger partial charge >= 0.3 is 41.2 Å². The molecule has 3 rings (SSSR count). The fourth-order valence-corrected chi connectivity index (χ4v) is 4.87. The van der Waals surface area contributed by atoms with E-state index in [1.165, 1.54) is 0 Å². The maximum absolute atomic E-state index is 12.6. The molecule has 1 aromatic heterocycles. The minimum atomic E-state index is -4.51. The molecule has 0 amide bonds. The largest absolute Gasteiger partial charge is 1.00 e. The van der Waals surface area contributed by atoms with Gasteiger partial charge in [0.25, 0.3) is 0 Å². The van der Waals surface area contributed by atoms with Crippen molar-refractivity contribution in [1.82, 2.24) is 0 Å². The van der Waals surface area contributed by atoms with E-state index in [0.717, 1.165) is 0 Å². The Balaban J connectivity index is 0.00000363. The van der Waals surface area contributed by atoms with E-state index in [-0.39, 0.29) is 48.1 Å². The number of ether oxygens (including phenoxy) is 1. The predicted octanol–water partition coefficient (Wildman–Crippen LogP) is -0.242. The van der Waals surface area contributed by atoms with Gasteiger partial charge in [-0.25, -0.2) is 13.2 Å². The van der Waals surface area contributed by atoms with Crippen molar-refractivity contribution < 1.29 is 56.5 Å². The van der Waals surface area contributed by atoms with Crippen LogP contribution in [0.4, 0.5) is 5.69 Å². The van der Waals surface area contributed by atoms with Gasteiger partial charge in [-0.05, 0) is 51.8 Å². The van der Waals surface area contributed by atoms with E-state index in [1.54, 1.807) is 32.1 Å². The van der Waals surface area contributed by atoms with Gasteiger partial charge in [-0.3, -0.25) is 4.79 Å². The second kappa shape index (κ2) is 9.69. The molecule has 1 aliphatic heterocycles. The summed E-state index contributed by atoms with van der Waals surface area (Å²) in [5.74, 6) is -1.18. The molecule has 168 valence electrons. The molecule has 0 saturated carbocycles. The van der Waals surface area contributed by atoms with Gasteiger partial charge in [0.05, 0.1) is 40.0 Å². The van der Waals surface area contributed by atoms with Gasteiger partial charge in [0.15, 0.2) is 0 Å². The summed E-state index contributed by atoms with van der Waals surface area (Å²) in [6, 6.07) is 3.43. The maximum atomic E-state index is 12.6. The fourth-order valence-electron chi connectivity index (χ4n) is 4.25. The monoisotopic (exact) mass is 471 g/mol. The smallest absolute Gasteiger partial charge is 0.748 e. The average molecular weight is 472 g/mol. The van der Waals surface area contributed by atoms with Crippen LogP contribution >= 0.6 is 0 Å². The van der Waals surface area contributed by atoms with Crippen LogP contribution in [0.5, 0.6) is 0 Å². The molecule has 0 aliphatic carbocycles. The molecule has 32 heavy (non-hydrogen) atoms. The number of benzene rings is 1. The number of anilines is 1. The molecule has 2 aromatic rings. The number of hydrogen-bond acceptors (Lipinski definition) is 8. The van der Waals surface area contributed by atoms with Gasteiger partial charge in [-0.1, -0.05) is 6.08 Å². The Morgan fingerprint density at radius 3 is 2.47 bits per heavy atom. The molecule has 0 spiro atoms. The average Bonchev–Trinajstić information content (AvgIpc) is 2.63. The van der Waals surface area contributed by atoms with Gasteiger partial charge in [-0.15, -0.1) is 0 Å². The molecular formula is C22H26NNaO7S. The van der Waals surface area contributed by atoms with Crippen molar-refractivity contribution in [3.8, 4) is 0 Å². The van der Waals surface area contributed by atoms with Crippen LogP contribution in [0.3, 0.4) is 0 Å². The van der Waals surface area contributed by atoms with Crippen LogP contribution in [0.1, 0.15) is 44.4 Å². The van der Waals surface area contributed by atoms with E-state index in [4.69, 9.17) is 9.15 Å². The van der Waals surface area contributed by atoms with Crippen molar-refractivity contribution in [2.45, 2.75) is 46.6 Å². The Morgan fingerprint density at radius 1 is 1.25 bits per heavy atom. The Hall–Kier alpha value is -1.65. The maximum Gasteiger partial charge on any atom is 1.00 e. The molecule has 1 aliphatic rings. The van der Waals surface area contributed by atoms with Gasteiger partial charge in [-0.2, -0.15) is 0 Å². The number of likely N-dealkylation sites (N-methyl/N-ethyl adjacent to an activating group) is 1. The van der Waals surface area contributed by atoms with Crippen molar-refractivity contribution in [2.75, 3.05) is 23.8 Å². The Bertz CT molecular complexity index is 1250. The first-order chi connectivity index (χ1) is 14.4. The van der Waals surface area contributed by atoms with Crippen molar-refractivity contribution in [1.29, 1.82) is 0 Å². The van der Waals surface area contributed by atoms with Gasteiger partial charge < -0.3 is 18.6 Å². The van der Waals surface area contributed by atoms with Crippen LogP contribution in [0.2, 0.25) is 0 Å². The van der Waals surface area contributed by atoms with Crippen LogP contribution in [0, 0.1) is 6.92 Å². The SMILES string of the molecule is CCOC(=O)Cc1c(C)c2cc3c(cc2oc1=O)N(CC)C(C)(C)C=C3CS(=O)(=O)[O-].[Na+]. The van der Waals surface area contributed by atoms with Crippen molar-refractivity contribution in [3.05, 3.63) is 45.3 Å². The number of nitrogens with zero attached hydrogens (tertiary/aromatic N) is 1. The molecule has 0 unspecified atom stereocenters. The zero-order chi connectivity index (χ0) is 23.1. The fraction of sp³-hybridized carbons (Fsp3) is 0.455. The summed E-state index contributed by atoms with van der Waals surface area (Å²) >= 11 is 0. The predicted molar refractivity (Wildman–Crippen MR) is 117 cm³/mol. The van der Waals surface area contributed by atoms with E-state index in [1.807, 2.05) is 25.7 Å². The third-order valence-electron chi connectivity index (χ3n) is 5.54. The number of hydrogen-bond donors (Lipinski definition) is 0. The number of aryl methyl sites for hydroxylation is 1. The number of fused-ring (bicyclic) bond motifs is 2. The molecule has 0 radical (unpaired) electrons. The number of carbonyl (C=O) groups is 1. The molecular weight excluding hydrogens is 445 g/mol. The molecule has 2 heterocycles. The summed E-state index contributed by atoms with van der Waals surface area (Å²) in [4.78, 5) is 26.5. The first kappa shape index (κ1) is 26.6. The summed E-state index contributed by atoms with van der Waals surface area (Å²) in [5, 5.41) is 0.572. The topological polar surface area (TPSA) is 117 Å². The summed E-state index contributed by atoms with van der Waals surface area (Å²) in [6.07, 6.45) is 1.56. The normalized spacial score (nSPS) is 15.1. The molecule has 0 atom stereocenters. The van der Waals surface area contributed by atoms with Crippen LogP contribution in [0.15, 0.2) is 27.4 Å². The van der Waals surface area contributed by atoms with Gasteiger partial charge in [0.2, 0.25) is 0 Å². The summed E-state index contributed by atoms with van der Waals surface area (Å²) < 4.78 is 45.2. The Labute approximate surface area is 209 Å². The second-order valence-electron chi connectivity index (χ2n) is 8.11. The van der Waals surface area contributed by atoms with E-state index < -0.39 is 33.0 Å². The zero-order valence-corrected chi connectivity index (χ0v) is 22.1. The first-order valence-corrected chi connectivity index (χ1v) is 11.6. The van der Waals surface area contributed by atoms with E-state index in [9.17, 15) is 22.6 Å². The van der Waals surface area contributed by atoms with Crippen LogP contribution < -0.4 is 40.1 Å². The zero-order valence-electron chi connectivity index (χ0n) is 19.3. The number of carbonyl (C=O) groups excluding carboxylic acids is 1. The molecule has 10 heteroatoms. The molecule has 8 nitrogen and oxygen atoms in total. The minimum absolute atomic E-state index is 0. The quantitative estimate of drug-likeness (QED) is 0.245. The summed E-state index contributed by atoms with van der Waals surface area (Å²) in [5.41, 5.74) is 1.58. The van der Waals surface area contributed by atoms with Crippen LogP contribution in [-0.2, 0) is 26.1 Å². The first-order valence-electron chi connectivity index (χ1n) is 10.1. The summed E-state index contributed by atoms with van der Waals surface area (Å²) in [6.45, 7) is 10.0. The van der Waals surface area contributed by atoms with Crippen LogP contribution in [-0.4, -0.2) is 43.4 Å². The van der Waals surface area contributed by atoms with Crippen molar-refractivity contribution in [3.63, 3.8) is 0 Å². The molecule has 0 bridgehead atoms. The third kappa shape index (κ3) is 5.28. The van der Waals surface area contributed by atoms with E-state index >= 15 is 0 Å². The van der Waals surface area contributed by atoms with Crippen molar-refractivity contribution in [2.24, 2.45) is 0 Å². The third-order valence-corrected chi connectivity index (χ3v) is 6.20. The van der Waals surface area contributed by atoms with Crippen molar-refractivity contribution >= 4 is 38.3 Å². The van der Waals surface area contributed by atoms with Gasteiger partial charge in [0.1, 0.15) is 5.58 Å². The van der Waals surface area contributed by atoms with Gasteiger partial charge in [0, 0.05) is 29.2 Å². The second-order valence-corrected chi connectivity index (χ2v) is 9.51. The Kier molecular flexibility index (Phi) is 8.05. The molecule has 0 N–H and O–H groups in total. The molecule has 0 fully saturated rings. The summed E-state index contributed by atoms with van der Waals surface area (Å²) in [7, 11) is -4.51. The van der Waals surface area contributed by atoms with E-state index in [0.29, 0.717) is 39.9 Å². The molecule has 0 saturated heterocycles. The van der Waals surface area contributed by atoms with E-state index in [2.05, 4.69) is 0 Å². The molecule has 1 aromatic carbocycles. The number of rotatable bonds is 6. The number of esters is 1. The Morgan fingerprint density at radius 2 is 1.91 bits per heavy atom.